The molecule has 0 unspecified atom stereocenters. The summed E-state index contributed by atoms with van der Waals surface area (Å²) in [6.45, 7) is 5.19. The number of hydrogen-bond acceptors (Lipinski definition) is 3. The summed E-state index contributed by atoms with van der Waals surface area (Å²) < 4.78 is 0. The summed E-state index contributed by atoms with van der Waals surface area (Å²) in [6.07, 6.45) is 0. The van der Waals surface area contributed by atoms with Crippen LogP contribution in [0.1, 0.15) is 32.4 Å². The molecule has 0 heterocycles. The minimum absolute atomic E-state index is 0.0838. The van der Waals surface area contributed by atoms with Gasteiger partial charge in [0.1, 0.15) is 0 Å². The highest BCUT2D eigenvalue weighted by atomic mass is 35.5. The number of rotatable bonds is 6. The first kappa shape index (κ1) is 20.6. The number of hydrogen-bond donors (Lipinski definition) is 2. The van der Waals surface area contributed by atoms with Crippen LogP contribution in [-0.2, 0) is 9.59 Å². The average Bonchev–Trinajstić information content (AvgIpc) is 2.55. The number of carbonyl (C=O) groups is 2. The molecule has 0 spiro atoms. The Balaban J connectivity index is 1.95. The molecule has 2 amide bonds. The molecule has 0 aliphatic heterocycles. The molecule has 0 fully saturated rings. The third-order valence-electron chi connectivity index (χ3n) is 3.64. The molecule has 138 valence electrons. The van der Waals surface area contributed by atoms with Gasteiger partial charge >= 0.3 is 0 Å². The van der Waals surface area contributed by atoms with Crippen molar-refractivity contribution in [3.63, 3.8) is 0 Å². The van der Waals surface area contributed by atoms with E-state index in [1.54, 1.807) is 12.1 Å². The predicted octanol–water partition coefficient (Wildman–Crippen LogP) is 5.31. The number of benzene rings is 2. The Bertz CT molecular complexity index is 797. The van der Waals surface area contributed by atoms with Crippen LogP contribution in [-0.4, -0.2) is 17.1 Å². The highest BCUT2D eigenvalue weighted by Gasteiger charge is 2.18. The van der Waals surface area contributed by atoms with Crippen molar-refractivity contribution in [1.29, 1.82) is 0 Å². The summed E-state index contributed by atoms with van der Waals surface area (Å²) in [6, 6.07) is 12.4. The third-order valence-corrected chi connectivity index (χ3v) is 5.32. The molecule has 0 bridgehead atoms. The van der Waals surface area contributed by atoms with Gasteiger partial charge in [-0.15, -0.1) is 11.8 Å². The van der Waals surface area contributed by atoms with E-state index in [9.17, 15) is 9.59 Å². The zero-order chi connectivity index (χ0) is 19.3. The van der Waals surface area contributed by atoms with Crippen LogP contribution in [0, 0.1) is 0 Å². The Kier molecular flexibility index (Phi) is 7.38. The molecule has 2 N–H and O–H groups in total. The lowest BCUT2D eigenvalue weighted by Crippen LogP contribution is -2.33. The minimum atomic E-state index is -0.282. The lowest BCUT2D eigenvalue weighted by atomic mass is 10.1. The molecule has 0 aliphatic rings. The number of amides is 2. The number of nitrogens with one attached hydrogen (secondary N) is 2. The average molecular weight is 411 g/mol. The van der Waals surface area contributed by atoms with Crippen LogP contribution in [0.4, 0.5) is 5.69 Å². The van der Waals surface area contributed by atoms with Crippen molar-refractivity contribution in [3.8, 4) is 0 Å². The highest BCUT2D eigenvalue weighted by molar-refractivity contribution is 8.00. The maximum Gasteiger partial charge on any atom is 0.233 e. The first-order valence-corrected chi connectivity index (χ1v) is 9.69. The minimum Gasteiger partial charge on any atom is -0.349 e. The van der Waals surface area contributed by atoms with Crippen molar-refractivity contribution in [3.05, 3.63) is 58.1 Å². The Morgan fingerprint density at radius 2 is 1.69 bits per heavy atom. The predicted molar refractivity (Wildman–Crippen MR) is 109 cm³/mol. The number of thioether (sulfide) groups is 1. The van der Waals surface area contributed by atoms with Gasteiger partial charge in [-0.25, -0.2) is 0 Å². The highest BCUT2D eigenvalue weighted by Crippen LogP contribution is 2.28. The molecular weight excluding hydrogens is 391 g/mol. The molecule has 26 heavy (non-hydrogen) atoms. The second-order valence-corrected chi connectivity index (χ2v) is 8.12. The van der Waals surface area contributed by atoms with Crippen molar-refractivity contribution >= 4 is 52.5 Å². The van der Waals surface area contributed by atoms with Crippen LogP contribution in [0.2, 0.25) is 10.0 Å². The maximum absolute atomic E-state index is 12.5. The molecule has 0 aliphatic carbocycles. The Labute approximate surface area is 167 Å². The van der Waals surface area contributed by atoms with Gasteiger partial charge in [0.15, 0.2) is 0 Å². The Morgan fingerprint density at radius 3 is 2.27 bits per heavy atom. The maximum atomic E-state index is 12.5. The smallest absolute Gasteiger partial charge is 0.233 e. The number of halogens is 2. The summed E-state index contributed by atoms with van der Waals surface area (Å²) in [7, 11) is 0. The van der Waals surface area contributed by atoms with E-state index in [1.807, 2.05) is 44.2 Å². The molecule has 2 rings (SSSR count). The summed E-state index contributed by atoms with van der Waals surface area (Å²) >= 11 is 13.6. The van der Waals surface area contributed by atoms with E-state index in [-0.39, 0.29) is 23.1 Å². The molecule has 2 aromatic carbocycles. The van der Waals surface area contributed by atoms with Crippen LogP contribution >= 0.6 is 35.0 Å². The molecule has 0 radical (unpaired) electrons. The fourth-order valence-electron chi connectivity index (χ4n) is 2.34. The first-order chi connectivity index (χ1) is 12.3. The molecule has 0 saturated carbocycles. The quantitative estimate of drug-likeness (QED) is 0.634. The lowest BCUT2D eigenvalue weighted by molar-refractivity contribution is -0.121. The molecule has 0 aromatic heterocycles. The second kappa shape index (κ2) is 9.31. The van der Waals surface area contributed by atoms with Gasteiger partial charge in [-0.1, -0.05) is 29.3 Å². The van der Waals surface area contributed by atoms with E-state index >= 15 is 0 Å². The van der Waals surface area contributed by atoms with Gasteiger partial charge in [-0.05, 0) is 55.8 Å². The Hall–Kier alpha value is -1.69. The summed E-state index contributed by atoms with van der Waals surface area (Å²) in [4.78, 5) is 24.4. The monoisotopic (exact) mass is 410 g/mol. The lowest BCUT2D eigenvalue weighted by Gasteiger charge is -2.19. The second-order valence-electron chi connectivity index (χ2n) is 5.86. The summed E-state index contributed by atoms with van der Waals surface area (Å²) in [5.74, 6) is -0.201. The van der Waals surface area contributed by atoms with Crippen molar-refractivity contribution in [2.45, 2.75) is 37.0 Å². The van der Waals surface area contributed by atoms with Crippen molar-refractivity contribution in [2.24, 2.45) is 0 Å². The van der Waals surface area contributed by atoms with E-state index in [0.29, 0.717) is 10.0 Å². The van der Waals surface area contributed by atoms with Crippen molar-refractivity contribution < 1.29 is 9.59 Å². The molecule has 2 atom stereocenters. The largest absolute Gasteiger partial charge is 0.349 e. The van der Waals surface area contributed by atoms with Crippen molar-refractivity contribution in [2.75, 3.05) is 5.32 Å². The van der Waals surface area contributed by atoms with Gasteiger partial charge in [0.25, 0.3) is 0 Å². The van der Waals surface area contributed by atoms with E-state index in [2.05, 4.69) is 10.6 Å². The van der Waals surface area contributed by atoms with Gasteiger partial charge < -0.3 is 10.6 Å². The van der Waals surface area contributed by atoms with Crippen LogP contribution in [0.15, 0.2) is 47.4 Å². The van der Waals surface area contributed by atoms with Crippen molar-refractivity contribution in [1.82, 2.24) is 5.32 Å². The fraction of sp³-hybridized carbons (Fsp3) is 0.263. The zero-order valence-corrected chi connectivity index (χ0v) is 17.0. The van der Waals surface area contributed by atoms with E-state index in [4.69, 9.17) is 23.2 Å². The summed E-state index contributed by atoms with van der Waals surface area (Å²) in [5.41, 5.74) is 1.55. The van der Waals surface area contributed by atoms with E-state index in [1.165, 1.54) is 18.7 Å². The van der Waals surface area contributed by atoms with Gasteiger partial charge in [0.05, 0.1) is 11.3 Å². The van der Waals surface area contributed by atoms with E-state index in [0.717, 1.165) is 16.1 Å². The molecule has 7 heteroatoms. The summed E-state index contributed by atoms with van der Waals surface area (Å²) in [5, 5.41) is 6.49. The molecule has 4 nitrogen and oxygen atoms in total. The SMILES string of the molecule is CC(=O)Nc1ccc(S[C@@H](C)C(=O)N[C@@H](C)c2ccc(Cl)cc2Cl)cc1. The van der Waals surface area contributed by atoms with Gasteiger partial charge in [-0.3, -0.25) is 9.59 Å². The van der Waals surface area contributed by atoms with Gasteiger partial charge in [0, 0.05) is 27.6 Å². The molecular formula is C19H20Cl2N2O2S. The Morgan fingerprint density at radius 1 is 1.04 bits per heavy atom. The van der Waals surface area contributed by atoms with Gasteiger partial charge in [0.2, 0.25) is 11.8 Å². The fourth-order valence-corrected chi connectivity index (χ4v) is 3.79. The van der Waals surface area contributed by atoms with Gasteiger partial charge in [-0.2, -0.15) is 0 Å². The normalized spacial score (nSPS) is 13.0. The van der Waals surface area contributed by atoms with Crippen LogP contribution < -0.4 is 10.6 Å². The van der Waals surface area contributed by atoms with Crippen LogP contribution in [0.3, 0.4) is 0 Å². The standard InChI is InChI=1S/C19H20Cl2N2O2S/c1-11(17-9-4-14(20)10-18(17)21)22-19(25)12(2)26-16-7-5-15(6-8-16)23-13(3)24/h4-12H,1-3H3,(H,22,25)(H,23,24)/t11-,12-/m0/s1. The zero-order valence-electron chi connectivity index (χ0n) is 14.7. The molecule has 0 saturated heterocycles. The first-order valence-electron chi connectivity index (χ1n) is 8.06. The van der Waals surface area contributed by atoms with E-state index < -0.39 is 0 Å². The molecule has 2 aromatic rings. The van der Waals surface area contributed by atoms with Crippen LogP contribution in [0.25, 0.3) is 0 Å². The third kappa shape index (κ3) is 5.94. The van der Waals surface area contributed by atoms with Crippen LogP contribution in [0.5, 0.6) is 0 Å². The number of anilines is 1. The number of carbonyl (C=O) groups excluding carboxylic acids is 2. The topological polar surface area (TPSA) is 58.2 Å².